The third kappa shape index (κ3) is 5.20. The Bertz CT molecular complexity index is 1190. The molecule has 0 aliphatic carbocycles. The minimum atomic E-state index is -0.343. The van der Waals surface area contributed by atoms with Crippen LogP contribution in [0.3, 0.4) is 0 Å². The van der Waals surface area contributed by atoms with Crippen LogP contribution in [0.5, 0.6) is 0 Å². The highest BCUT2D eigenvalue weighted by Crippen LogP contribution is 2.26. The molecular weight excluding hydrogens is 416 g/mol. The summed E-state index contributed by atoms with van der Waals surface area (Å²) in [5, 5.41) is 9.48. The summed E-state index contributed by atoms with van der Waals surface area (Å²) in [5.74, 6) is 1.22. The van der Waals surface area contributed by atoms with Crippen LogP contribution in [0.4, 0.5) is 11.4 Å². The number of carbonyl (C=O) groups excluding carboxylic acids is 2. The lowest BCUT2D eigenvalue weighted by molar-refractivity contribution is 0.0994. The van der Waals surface area contributed by atoms with Gasteiger partial charge in [-0.2, -0.15) is 4.98 Å². The Morgan fingerprint density at radius 2 is 1.65 bits per heavy atom. The van der Waals surface area contributed by atoms with E-state index in [-0.39, 0.29) is 17.6 Å². The first-order chi connectivity index (χ1) is 15.1. The topological polar surface area (TPSA) is 110 Å². The van der Waals surface area contributed by atoms with Crippen LogP contribution in [0.2, 0.25) is 0 Å². The molecule has 0 bridgehead atoms. The molecule has 156 valence electrons. The second kappa shape index (κ2) is 9.31. The van der Waals surface area contributed by atoms with E-state index in [1.54, 1.807) is 49.4 Å². The molecule has 0 fully saturated rings. The van der Waals surface area contributed by atoms with Crippen molar-refractivity contribution in [1.29, 1.82) is 0 Å². The Labute approximate surface area is 182 Å². The van der Waals surface area contributed by atoms with Gasteiger partial charge in [-0.3, -0.25) is 9.59 Å². The summed E-state index contributed by atoms with van der Waals surface area (Å²) in [6.45, 7) is 1.73. The zero-order valence-corrected chi connectivity index (χ0v) is 17.3. The lowest BCUT2D eigenvalue weighted by Gasteiger charge is -2.10. The molecule has 2 aromatic heterocycles. The third-order valence-electron chi connectivity index (χ3n) is 4.20. The summed E-state index contributed by atoms with van der Waals surface area (Å²) in [6, 6.07) is 17.4. The fourth-order valence-electron chi connectivity index (χ4n) is 2.76. The number of rotatable bonds is 7. The van der Waals surface area contributed by atoms with E-state index in [9.17, 15) is 9.59 Å². The first-order valence-electron chi connectivity index (χ1n) is 9.36. The zero-order valence-electron chi connectivity index (χ0n) is 16.5. The monoisotopic (exact) mass is 434 g/mol. The average molecular weight is 434 g/mol. The maximum Gasteiger partial charge on any atom is 0.291 e. The Kier molecular flexibility index (Phi) is 6.13. The van der Waals surface area contributed by atoms with Gasteiger partial charge in [0.2, 0.25) is 5.89 Å². The van der Waals surface area contributed by atoms with Gasteiger partial charge in [0.05, 0.1) is 17.6 Å². The van der Waals surface area contributed by atoms with Crippen LogP contribution in [-0.2, 0) is 5.75 Å². The van der Waals surface area contributed by atoms with Crippen LogP contribution in [-0.4, -0.2) is 22.0 Å². The molecule has 2 N–H and O–H groups in total. The van der Waals surface area contributed by atoms with Gasteiger partial charge in [0, 0.05) is 23.2 Å². The van der Waals surface area contributed by atoms with E-state index < -0.39 is 0 Å². The predicted octanol–water partition coefficient (Wildman–Crippen LogP) is 4.77. The van der Waals surface area contributed by atoms with E-state index in [1.807, 2.05) is 18.2 Å². The van der Waals surface area contributed by atoms with E-state index in [0.717, 1.165) is 4.90 Å². The van der Waals surface area contributed by atoms with Gasteiger partial charge in [-0.25, -0.2) is 0 Å². The van der Waals surface area contributed by atoms with Crippen LogP contribution in [0, 0.1) is 6.92 Å². The molecule has 31 heavy (non-hydrogen) atoms. The molecule has 0 atom stereocenters. The summed E-state index contributed by atoms with van der Waals surface area (Å²) in [7, 11) is 0. The second-order valence-corrected chi connectivity index (χ2v) is 7.49. The van der Waals surface area contributed by atoms with Gasteiger partial charge in [0.15, 0.2) is 11.6 Å². The summed E-state index contributed by atoms with van der Waals surface area (Å²) in [4.78, 5) is 29.8. The fraction of sp³-hybridized carbons (Fsp3) is 0.0909. The molecule has 4 rings (SSSR count). The minimum Gasteiger partial charge on any atom is -0.459 e. The van der Waals surface area contributed by atoms with Crippen LogP contribution in [0.1, 0.15) is 32.6 Å². The molecule has 0 radical (unpaired) electrons. The SMILES string of the molecule is Cc1nc(CSc2ccccc2C(=O)Nc2ccc(NC(=O)c3ccco3)cc2)no1. The Morgan fingerprint density at radius 3 is 2.29 bits per heavy atom. The summed E-state index contributed by atoms with van der Waals surface area (Å²) >= 11 is 1.46. The molecule has 4 aromatic rings. The van der Waals surface area contributed by atoms with Gasteiger partial charge in [-0.15, -0.1) is 11.8 Å². The van der Waals surface area contributed by atoms with Crippen LogP contribution >= 0.6 is 11.8 Å². The number of carbonyl (C=O) groups is 2. The molecule has 2 aromatic carbocycles. The number of aryl methyl sites for hydroxylation is 1. The zero-order chi connectivity index (χ0) is 21.6. The maximum absolute atomic E-state index is 12.8. The first kappa shape index (κ1) is 20.4. The minimum absolute atomic E-state index is 0.225. The van der Waals surface area contributed by atoms with Crippen molar-refractivity contribution in [3.05, 3.63) is 90.0 Å². The van der Waals surface area contributed by atoms with Crippen LogP contribution < -0.4 is 10.6 Å². The van der Waals surface area contributed by atoms with Crippen molar-refractivity contribution in [3.63, 3.8) is 0 Å². The number of anilines is 2. The Hall–Kier alpha value is -3.85. The van der Waals surface area contributed by atoms with Gasteiger partial charge >= 0.3 is 0 Å². The van der Waals surface area contributed by atoms with E-state index in [0.29, 0.717) is 34.4 Å². The lowest BCUT2D eigenvalue weighted by atomic mass is 10.2. The lowest BCUT2D eigenvalue weighted by Crippen LogP contribution is -2.13. The maximum atomic E-state index is 12.8. The highest BCUT2D eigenvalue weighted by molar-refractivity contribution is 7.98. The van der Waals surface area contributed by atoms with Crippen molar-refractivity contribution in [2.75, 3.05) is 10.6 Å². The number of aromatic nitrogens is 2. The van der Waals surface area contributed by atoms with Gasteiger partial charge in [0.25, 0.3) is 11.8 Å². The standard InChI is InChI=1S/C22H18N4O4S/c1-14-23-20(26-30-14)13-31-19-7-3-2-5-17(19)21(27)24-15-8-10-16(11-9-15)25-22(28)18-6-4-12-29-18/h2-12H,13H2,1H3,(H,24,27)(H,25,28). The third-order valence-corrected chi connectivity index (χ3v) is 5.27. The number of hydrogen-bond acceptors (Lipinski definition) is 7. The predicted molar refractivity (Wildman–Crippen MR) is 116 cm³/mol. The summed E-state index contributed by atoms with van der Waals surface area (Å²) in [6.07, 6.45) is 1.44. The molecule has 0 saturated heterocycles. The van der Waals surface area contributed by atoms with Crippen molar-refractivity contribution in [2.45, 2.75) is 17.6 Å². The number of nitrogens with zero attached hydrogens (tertiary/aromatic N) is 2. The highest BCUT2D eigenvalue weighted by Gasteiger charge is 2.14. The molecular formula is C22H18N4O4S. The quantitative estimate of drug-likeness (QED) is 0.403. The molecule has 0 unspecified atom stereocenters. The number of benzene rings is 2. The number of amides is 2. The molecule has 8 nitrogen and oxygen atoms in total. The van der Waals surface area contributed by atoms with Gasteiger partial charge < -0.3 is 19.6 Å². The molecule has 0 aliphatic heterocycles. The van der Waals surface area contributed by atoms with E-state index in [1.165, 1.54) is 18.0 Å². The second-order valence-electron chi connectivity index (χ2n) is 6.48. The van der Waals surface area contributed by atoms with Crippen molar-refractivity contribution in [2.24, 2.45) is 0 Å². The smallest absolute Gasteiger partial charge is 0.291 e. The molecule has 2 amide bonds. The van der Waals surface area contributed by atoms with Crippen molar-refractivity contribution in [1.82, 2.24) is 10.1 Å². The van der Waals surface area contributed by atoms with Crippen molar-refractivity contribution < 1.29 is 18.5 Å². The molecule has 2 heterocycles. The Balaban J connectivity index is 1.39. The molecule has 9 heteroatoms. The molecule has 0 saturated carbocycles. The van der Waals surface area contributed by atoms with E-state index in [2.05, 4.69) is 20.8 Å². The number of furan rings is 1. The number of thioether (sulfide) groups is 1. The van der Waals surface area contributed by atoms with Crippen molar-refractivity contribution >= 4 is 35.0 Å². The first-order valence-corrected chi connectivity index (χ1v) is 10.3. The van der Waals surface area contributed by atoms with E-state index in [4.69, 9.17) is 8.94 Å². The number of hydrogen-bond donors (Lipinski definition) is 2. The number of nitrogens with one attached hydrogen (secondary N) is 2. The fourth-order valence-corrected chi connectivity index (χ4v) is 3.65. The highest BCUT2D eigenvalue weighted by atomic mass is 32.2. The van der Waals surface area contributed by atoms with Gasteiger partial charge in [-0.05, 0) is 48.5 Å². The van der Waals surface area contributed by atoms with Gasteiger partial charge in [-0.1, -0.05) is 17.3 Å². The Morgan fingerprint density at radius 1 is 0.935 bits per heavy atom. The summed E-state index contributed by atoms with van der Waals surface area (Å²) in [5.41, 5.74) is 1.74. The average Bonchev–Trinajstić information content (AvgIpc) is 3.46. The van der Waals surface area contributed by atoms with E-state index >= 15 is 0 Å². The summed E-state index contributed by atoms with van der Waals surface area (Å²) < 4.78 is 10.0. The van der Waals surface area contributed by atoms with Crippen LogP contribution in [0.15, 0.2) is 80.8 Å². The normalized spacial score (nSPS) is 10.6. The van der Waals surface area contributed by atoms with Crippen LogP contribution in [0.25, 0.3) is 0 Å². The van der Waals surface area contributed by atoms with Crippen molar-refractivity contribution in [3.8, 4) is 0 Å². The van der Waals surface area contributed by atoms with Gasteiger partial charge in [0.1, 0.15) is 0 Å². The molecule has 0 aliphatic rings. The largest absolute Gasteiger partial charge is 0.459 e. The molecule has 0 spiro atoms.